The molecule has 2 heterocycles. The quantitative estimate of drug-likeness (QED) is 0.791. The van der Waals surface area contributed by atoms with E-state index in [1.807, 2.05) is 34.1 Å². The summed E-state index contributed by atoms with van der Waals surface area (Å²) >= 11 is 0. The van der Waals surface area contributed by atoms with Crippen molar-refractivity contribution < 1.29 is 9.59 Å². The second-order valence-electron chi connectivity index (χ2n) is 6.43. The fraction of sp³-hybridized carbons (Fsp3) is 0.556. The Morgan fingerprint density at radius 3 is 1.38 bits per heavy atom. The lowest BCUT2D eigenvalue weighted by Gasteiger charge is -2.27. The Labute approximate surface area is 143 Å². The third-order valence-corrected chi connectivity index (χ3v) is 4.67. The number of carbonyl (C=O) groups is 2. The molecule has 2 amide bonds. The number of nitrogens with zero attached hydrogens (tertiary/aromatic N) is 2. The van der Waals surface area contributed by atoms with Gasteiger partial charge in [-0.1, -0.05) is 24.3 Å². The summed E-state index contributed by atoms with van der Waals surface area (Å²) in [5, 5.41) is 6.50. The Kier molecular flexibility index (Phi) is 5.82. The zero-order chi connectivity index (χ0) is 16.8. The lowest BCUT2D eigenvalue weighted by atomic mass is 10.1. The third-order valence-electron chi connectivity index (χ3n) is 4.67. The molecule has 0 atom stereocenters. The molecule has 2 aliphatic heterocycles. The Balaban J connectivity index is 1.51. The van der Waals surface area contributed by atoms with Crippen molar-refractivity contribution in [2.24, 2.45) is 0 Å². The summed E-state index contributed by atoms with van der Waals surface area (Å²) in [5.74, 6) is 0.363. The van der Waals surface area contributed by atoms with Gasteiger partial charge in [0.1, 0.15) is 0 Å². The molecule has 0 saturated carbocycles. The van der Waals surface area contributed by atoms with Crippen molar-refractivity contribution in [2.45, 2.75) is 12.8 Å². The number of hydrogen-bond donors (Lipinski definition) is 2. The van der Waals surface area contributed by atoms with Crippen LogP contribution in [0.25, 0.3) is 0 Å². The van der Waals surface area contributed by atoms with E-state index in [2.05, 4.69) is 10.6 Å². The Morgan fingerprint density at radius 1 is 0.708 bits per heavy atom. The van der Waals surface area contributed by atoms with E-state index >= 15 is 0 Å². The van der Waals surface area contributed by atoms with Crippen LogP contribution in [0.3, 0.4) is 0 Å². The van der Waals surface area contributed by atoms with Gasteiger partial charge < -0.3 is 20.4 Å². The van der Waals surface area contributed by atoms with Crippen molar-refractivity contribution in [3.63, 3.8) is 0 Å². The molecule has 130 valence electrons. The molecule has 2 saturated heterocycles. The molecule has 1 aromatic carbocycles. The number of rotatable bonds is 4. The van der Waals surface area contributed by atoms with Crippen LogP contribution in [0.1, 0.15) is 11.1 Å². The predicted octanol–water partition coefficient (Wildman–Crippen LogP) is -0.365. The lowest BCUT2D eigenvalue weighted by molar-refractivity contribution is -0.131. The van der Waals surface area contributed by atoms with Crippen LogP contribution in [-0.2, 0) is 22.4 Å². The number of benzene rings is 1. The molecule has 0 aromatic heterocycles. The van der Waals surface area contributed by atoms with Gasteiger partial charge in [0.2, 0.25) is 11.8 Å². The SMILES string of the molecule is O=C(Cc1ccc(CC(=O)N2CCNCC2)cc1)N1CCNCC1. The van der Waals surface area contributed by atoms with Crippen LogP contribution in [0.2, 0.25) is 0 Å². The molecule has 0 radical (unpaired) electrons. The Hall–Kier alpha value is -1.92. The van der Waals surface area contributed by atoms with Crippen molar-refractivity contribution in [1.29, 1.82) is 0 Å². The standard InChI is InChI=1S/C18H26N4O2/c23-17(21-9-5-19-6-10-21)13-15-1-2-16(4-3-15)14-18(24)22-11-7-20-8-12-22/h1-4,19-20H,5-14H2. The molecule has 0 unspecified atom stereocenters. The summed E-state index contributed by atoms with van der Waals surface area (Å²) in [6.45, 7) is 6.65. The van der Waals surface area contributed by atoms with Gasteiger partial charge in [0, 0.05) is 52.4 Å². The van der Waals surface area contributed by atoms with Crippen molar-refractivity contribution in [3.8, 4) is 0 Å². The molecule has 0 spiro atoms. The van der Waals surface area contributed by atoms with Crippen molar-refractivity contribution in [2.75, 3.05) is 52.4 Å². The highest BCUT2D eigenvalue weighted by atomic mass is 16.2. The van der Waals surface area contributed by atoms with E-state index < -0.39 is 0 Å². The van der Waals surface area contributed by atoms with Gasteiger partial charge >= 0.3 is 0 Å². The fourth-order valence-corrected chi connectivity index (χ4v) is 3.18. The van der Waals surface area contributed by atoms with E-state index in [1.54, 1.807) is 0 Å². The minimum absolute atomic E-state index is 0.182. The van der Waals surface area contributed by atoms with Gasteiger partial charge in [0.25, 0.3) is 0 Å². The molecule has 6 heteroatoms. The molecular formula is C18H26N4O2. The van der Waals surface area contributed by atoms with Crippen molar-refractivity contribution in [1.82, 2.24) is 20.4 Å². The molecule has 24 heavy (non-hydrogen) atoms. The molecule has 2 aliphatic rings. The zero-order valence-corrected chi connectivity index (χ0v) is 14.1. The maximum Gasteiger partial charge on any atom is 0.227 e. The number of carbonyl (C=O) groups excluding carboxylic acids is 2. The average molecular weight is 330 g/mol. The third kappa shape index (κ3) is 4.55. The van der Waals surface area contributed by atoms with Gasteiger partial charge in [-0.25, -0.2) is 0 Å². The first-order valence-electron chi connectivity index (χ1n) is 8.77. The van der Waals surface area contributed by atoms with Gasteiger partial charge in [-0.05, 0) is 11.1 Å². The maximum absolute atomic E-state index is 12.3. The van der Waals surface area contributed by atoms with Gasteiger partial charge in [0.05, 0.1) is 12.8 Å². The van der Waals surface area contributed by atoms with E-state index in [0.29, 0.717) is 12.8 Å². The lowest BCUT2D eigenvalue weighted by Crippen LogP contribution is -2.47. The highest BCUT2D eigenvalue weighted by molar-refractivity contribution is 5.80. The minimum atomic E-state index is 0.182. The average Bonchev–Trinajstić information content (AvgIpc) is 2.65. The van der Waals surface area contributed by atoms with Crippen LogP contribution in [0, 0.1) is 0 Å². The predicted molar refractivity (Wildman–Crippen MR) is 92.7 cm³/mol. The number of piperazine rings is 2. The van der Waals surface area contributed by atoms with E-state index in [4.69, 9.17) is 0 Å². The summed E-state index contributed by atoms with van der Waals surface area (Å²) in [7, 11) is 0. The fourth-order valence-electron chi connectivity index (χ4n) is 3.18. The Bertz CT molecular complexity index is 510. The molecule has 2 fully saturated rings. The number of nitrogens with one attached hydrogen (secondary N) is 2. The van der Waals surface area contributed by atoms with Gasteiger partial charge in [0.15, 0.2) is 0 Å². The number of hydrogen-bond acceptors (Lipinski definition) is 4. The largest absolute Gasteiger partial charge is 0.340 e. The molecule has 0 aliphatic carbocycles. The van der Waals surface area contributed by atoms with E-state index in [0.717, 1.165) is 63.5 Å². The molecule has 0 bridgehead atoms. The zero-order valence-electron chi connectivity index (χ0n) is 14.1. The van der Waals surface area contributed by atoms with Crippen LogP contribution >= 0.6 is 0 Å². The van der Waals surface area contributed by atoms with Crippen LogP contribution in [0.4, 0.5) is 0 Å². The summed E-state index contributed by atoms with van der Waals surface area (Å²) in [5.41, 5.74) is 2.02. The highest BCUT2D eigenvalue weighted by Gasteiger charge is 2.18. The van der Waals surface area contributed by atoms with Gasteiger partial charge in [-0.2, -0.15) is 0 Å². The highest BCUT2D eigenvalue weighted by Crippen LogP contribution is 2.09. The summed E-state index contributed by atoms with van der Waals surface area (Å²) in [6, 6.07) is 7.89. The van der Waals surface area contributed by atoms with Gasteiger partial charge in [-0.15, -0.1) is 0 Å². The first kappa shape index (κ1) is 16.9. The molecular weight excluding hydrogens is 304 g/mol. The topological polar surface area (TPSA) is 64.7 Å². The monoisotopic (exact) mass is 330 g/mol. The van der Waals surface area contributed by atoms with E-state index in [-0.39, 0.29) is 11.8 Å². The normalized spacial score (nSPS) is 18.5. The molecule has 1 aromatic rings. The summed E-state index contributed by atoms with van der Waals surface area (Å²) < 4.78 is 0. The smallest absolute Gasteiger partial charge is 0.227 e. The first-order valence-corrected chi connectivity index (χ1v) is 8.77. The van der Waals surface area contributed by atoms with Crippen LogP contribution in [0.5, 0.6) is 0 Å². The van der Waals surface area contributed by atoms with Gasteiger partial charge in [-0.3, -0.25) is 9.59 Å². The van der Waals surface area contributed by atoms with Crippen molar-refractivity contribution in [3.05, 3.63) is 35.4 Å². The second-order valence-corrected chi connectivity index (χ2v) is 6.43. The Morgan fingerprint density at radius 2 is 1.04 bits per heavy atom. The van der Waals surface area contributed by atoms with Crippen LogP contribution < -0.4 is 10.6 Å². The second kappa shape index (κ2) is 8.26. The van der Waals surface area contributed by atoms with Crippen LogP contribution in [-0.4, -0.2) is 74.0 Å². The molecule has 6 nitrogen and oxygen atoms in total. The summed E-state index contributed by atoms with van der Waals surface area (Å²) in [4.78, 5) is 28.4. The molecule has 3 rings (SSSR count). The minimum Gasteiger partial charge on any atom is -0.340 e. The number of amides is 2. The van der Waals surface area contributed by atoms with Crippen LogP contribution in [0.15, 0.2) is 24.3 Å². The first-order chi connectivity index (χ1) is 11.7. The van der Waals surface area contributed by atoms with E-state index in [9.17, 15) is 9.59 Å². The van der Waals surface area contributed by atoms with E-state index in [1.165, 1.54) is 0 Å². The maximum atomic E-state index is 12.3. The van der Waals surface area contributed by atoms with Crippen molar-refractivity contribution >= 4 is 11.8 Å². The molecule has 2 N–H and O–H groups in total. The summed E-state index contributed by atoms with van der Waals surface area (Å²) in [6.07, 6.45) is 0.873.